The van der Waals surface area contributed by atoms with E-state index in [1.165, 1.54) is 18.1 Å². The molecule has 1 N–H and O–H groups in total. The van der Waals surface area contributed by atoms with Crippen molar-refractivity contribution in [2.75, 3.05) is 5.32 Å². The summed E-state index contributed by atoms with van der Waals surface area (Å²) in [5.74, 6) is -0.510. The zero-order valence-corrected chi connectivity index (χ0v) is 19.8. The maximum Gasteiger partial charge on any atom is 0.416 e. The molecule has 0 saturated heterocycles. The van der Waals surface area contributed by atoms with Crippen LogP contribution in [0.5, 0.6) is 0 Å². The first-order valence-corrected chi connectivity index (χ1v) is 11.8. The van der Waals surface area contributed by atoms with Crippen molar-refractivity contribution in [3.8, 4) is 0 Å². The molecule has 2 aromatic carbocycles. The zero-order valence-electron chi connectivity index (χ0n) is 17.4. The summed E-state index contributed by atoms with van der Waals surface area (Å²) in [6.45, 7) is 3.97. The molecule has 0 bridgehead atoms. The van der Waals surface area contributed by atoms with Gasteiger partial charge in [0.1, 0.15) is 21.4 Å². The van der Waals surface area contributed by atoms with E-state index in [1.54, 1.807) is 35.6 Å². The number of carbonyl (C=O) groups excluding carboxylic acids is 1. The highest BCUT2D eigenvalue weighted by Gasteiger charge is 2.32. The maximum atomic E-state index is 13.3. The fourth-order valence-corrected chi connectivity index (χ4v) is 5.63. The molecular formula is C23H17ClF3N3OS2. The first-order valence-electron chi connectivity index (χ1n) is 9.75. The Balaban J connectivity index is 1.72. The van der Waals surface area contributed by atoms with Crippen LogP contribution in [0.4, 0.5) is 18.9 Å². The van der Waals surface area contributed by atoms with E-state index in [0.717, 1.165) is 38.9 Å². The highest BCUT2D eigenvalue weighted by atomic mass is 35.5. The number of rotatable bonds is 5. The first kappa shape index (κ1) is 23.5. The topological polar surface area (TPSA) is 54.9 Å². The van der Waals surface area contributed by atoms with Crippen molar-refractivity contribution < 1.29 is 18.0 Å². The number of amides is 1. The molecule has 0 unspecified atom stereocenters. The predicted octanol–water partition coefficient (Wildman–Crippen LogP) is 7.45. The molecule has 1 atom stereocenters. The lowest BCUT2D eigenvalue weighted by molar-refractivity contribution is -0.137. The fourth-order valence-electron chi connectivity index (χ4n) is 3.25. The van der Waals surface area contributed by atoms with Crippen LogP contribution in [0.15, 0.2) is 59.9 Å². The van der Waals surface area contributed by atoms with Gasteiger partial charge in [-0.15, -0.1) is 11.3 Å². The molecule has 4 nitrogen and oxygen atoms in total. The molecule has 0 radical (unpaired) electrons. The Morgan fingerprint density at radius 3 is 2.55 bits per heavy atom. The Labute approximate surface area is 201 Å². The van der Waals surface area contributed by atoms with Crippen molar-refractivity contribution in [1.82, 2.24) is 9.97 Å². The predicted molar refractivity (Wildman–Crippen MR) is 127 cm³/mol. The number of carbonyl (C=O) groups is 1. The molecule has 0 aliphatic rings. The number of hydrogen-bond donors (Lipinski definition) is 1. The van der Waals surface area contributed by atoms with E-state index in [9.17, 15) is 18.0 Å². The fraction of sp³-hybridized carbons (Fsp3) is 0.174. The second-order valence-electron chi connectivity index (χ2n) is 7.23. The Kier molecular flexibility index (Phi) is 6.65. The summed E-state index contributed by atoms with van der Waals surface area (Å²) in [4.78, 5) is 24.0. The summed E-state index contributed by atoms with van der Waals surface area (Å²) in [6, 6.07) is 11.8. The van der Waals surface area contributed by atoms with Crippen molar-refractivity contribution in [1.29, 1.82) is 0 Å². The van der Waals surface area contributed by atoms with Crippen molar-refractivity contribution in [2.45, 2.75) is 30.3 Å². The van der Waals surface area contributed by atoms with Crippen LogP contribution in [0.25, 0.3) is 10.2 Å². The molecule has 170 valence electrons. The summed E-state index contributed by atoms with van der Waals surface area (Å²) in [6.07, 6.45) is -3.11. The lowest BCUT2D eigenvalue weighted by Crippen LogP contribution is -2.20. The molecule has 0 aliphatic carbocycles. The molecule has 0 aliphatic heterocycles. The summed E-state index contributed by atoms with van der Waals surface area (Å²) < 4.78 is 39.5. The van der Waals surface area contributed by atoms with Gasteiger partial charge in [0.2, 0.25) is 5.91 Å². The molecule has 2 aromatic heterocycles. The summed E-state index contributed by atoms with van der Waals surface area (Å²) >= 11 is 8.86. The molecule has 10 heteroatoms. The third kappa shape index (κ3) is 5.00. The largest absolute Gasteiger partial charge is 0.416 e. The highest BCUT2D eigenvalue weighted by molar-refractivity contribution is 8.00. The Bertz CT molecular complexity index is 1330. The molecule has 0 spiro atoms. The third-order valence-corrected chi connectivity index (χ3v) is 7.75. The van der Waals surface area contributed by atoms with Gasteiger partial charge in [-0.3, -0.25) is 4.79 Å². The lowest BCUT2D eigenvalue weighted by atomic mass is 10.1. The Hall–Kier alpha value is -2.62. The third-order valence-electron chi connectivity index (χ3n) is 5.05. The maximum absolute atomic E-state index is 13.3. The van der Waals surface area contributed by atoms with Crippen LogP contribution in [0.3, 0.4) is 0 Å². The van der Waals surface area contributed by atoms with Crippen LogP contribution in [-0.4, -0.2) is 15.9 Å². The number of alkyl halides is 3. The van der Waals surface area contributed by atoms with Gasteiger partial charge in [-0.2, -0.15) is 13.2 Å². The number of nitrogens with zero attached hydrogens (tertiary/aromatic N) is 2. The number of aryl methyl sites for hydroxylation is 2. The molecule has 4 aromatic rings. The van der Waals surface area contributed by atoms with Crippen LogP contribution in [0.2, 0.25) is 5.02 Å². The van der Waals surface area contributed by atoms with Gasteiger partial charge < -0.3 is 5.32 Å². The number of fused-ring (bicyclic) bond motifs is 1. The molecular weight excluding hydrogens is 491 g/mol. The number of aromatic nitrogens is 2. The minimum atomic E-state index is -4.56. The van der Waals surface area contributed by atoms with Crippen molar-refractivity contribution in [3.63, 3.8) is 0 Å². The van der Waals surface area contributed by atoms with Gasteiger partial charge in [-0.1, -0.05) is 53.7 Å². The van der Waals surface area contributed by atoms with Crippen LogP contribution in [0.1, 0.15) is 26.8 Å². The van der Waals surface area contributed by atoms with Crippen molar-refractivity contribution in [2.24, 2.45) is 0 Å². The van der Waals surface area contributed by atoms with Gasteiger partial charge in [0, 0.05) is 10.3 Å². The first-order chi connectivity index (χ1) is 15.6. The minimum Gasteiger partial charge on any atom is -0.323 e. The van der Waals surface area contributed by atoms with Gasteiger partial charge >= 0.3 is 6.18 Å². The van der Waals surface area contributed by atoms with E-state index >= 15 is 0 Å². The monoisotopic (exact) mass is 507 g/mol. The van der Waals surface area contributed by atoms with Crippen LogP contribution in [0, 0.1) is 13.8 Å². The number of thiophene rings is 1. The van der Waals surface area contributed by atoms with Crippen LogP contribution < -0.4 is 5.32 Å². The number of hydrogen-bond acceptors (Lipinski definition) is 5. The SMILES string of the molecule is Cc1sc2ncnc(S[C@@H](C(=O)Nc3cc(C(F)(F)F)ccc3Cl)c3ccccc3)c2c1C. The second-order valence-corrected chi connectivity index (χ2v) is 9.94. The van der Waals surface area contributed by atoms with Gasteiger partial charge in [-0.25, -0.2) is 9.97 Å². The average molecular weight is 508 g/mol. The Morgan fingerprint density at radius 1 is 1.12 bits per heavy atom. The van der Waals surface area contributed by atoms with Gasteiger partial charge in [0.25, 0.3) is 0 Å². The van der Waals surface area contributed by atoms with E-state index in [-0.39, 0.29) is 10.7 Å². The highest BCUT2D eigenvalue weighted by Crippen LogP contribution is 2.42. The molecule has 0 fully saturated rings. The molecule has 4 rings (SSSR count). The summed E-state index contributed by atoms with van der Waals surface area (Å²) in [7, 11) is 0. The van der Waals surface area contributed by atoms with E-state index < -0.39 is 22.9 Å². The van der Waals surface area contributed by atoms with Crippen molar-refractivity contribution in [3.05, 3.63) is 81.4 Å². The van der Waals surface area contributed by atoms with E-state index in [4.69, 9.17) is 11.6 Å². The standard InChI is InChI=1S/C23H17ClF3N3OS2/c1-12-13(2)32-21-18(12)22(29-11-28-21)33-19(14-6-4-3-5-7-14)20(31)30-17-10-15(23(25,26)27)8-9-16(17)24/h3-11,19H,1-2H3,(H,30,31)/t19-/m1/s1. The number of anilines is 1. The summed E-state index contributed by atoms with van der Waals surface area (Å²) in [5.41, 5.74) is 0.715. The second kappa shape index (κ2) is 9.32. The zero-order chi connectivity index (χ0) is 23.8. The minimum absolute atomic E-state index is 0.0156. The number of thioether (sulfide) groups is 1. The van der Waals surface area contributed by atoms with Gasteiger partial charge in [0.15, 0.2) is 0 Å². The van der Waals surface area contributed by atoms with Crippen molar-refractivity contribution >= 4 is 56.5 Å². The molecule has 1 amide bonds. The van der Waals surface area contributed by atoms with Crippen LogP contribution >= 0.6 is 34.7 Å². The van der Waals surface area contributed by atoms with Crippen LogP contribution in [-0.2, 0) is 11.0 Å². The van der Waals surface area contributed by atoms with Gasteiger partial charge in [0.05, 0.1) is 16.3 Å². The van der Waals surface area contributed by atoms with Gasteiger partial charge in [-0.05, 0) is 43.2 Å². The molecule has 2 heterocycles. The summed E-state index contributed by atoms with van der Waals surface area (Å²) in [5, 5.41) is 3.31. The number of nitrogens with one attached hydrogen (secondary N) is 1. The number of halogens is 4. The average Bonchev–Trinajstić information content (AvgIpc) is 3.07. The quantitative estimate of drug-likeness (QED) is 0.225. The Morgan fingerprint density at radius 2 is 1.85 bits per heavy atom. The molecule has 33 heavy (non-hydrogen) atoms. The smallest absolute Gasteiger partial charge is 0.323 e. The number of benzene rings is 2. The molecule has 0 saturated carbocycles. The van der Waals surface area contributed by atoms with E-state index in [2.05, 4.69) is 15.3 Å². The van der Waals surface area contributed by atoms with E-state index in [1.807, 2.05) is 19.9 Å². The lowest BCUT2D eigenvalue weighted by Gasteiger charge is -2.18. The van der Waals surface area contributed by atoms with E-state index in [0.29, 0.717) is 10.6 Å². The normalized spacial score (nSPS) is 12.7.